The molecule has 0 spiro atoms. The molecule has 8 atom stereocenters. The number of aliphatic hydroxyl groups is 5. The van der Waals surface area contributed by atoms with Crippen molar-refractivity contribution in [3.63, 3.8) is 0 Å². The van der Waals surface area contributed by atoms with E-state index in [1.807, 2.05) is 6.08 Å². The van der Waals surface area contributed by atoms with Crippen molar-refractivity contribution in [1.82, 2.24) is 5.32 Å². The van der Waals surface area contributed by atoms with Crippen molar-refractivity contribution in [2.24, 2.45) is 0 Å². The van der Waals surface area contributed by atoms with E-state index < -0.39 is 67.4 Å². The third-order valence-corrected chi connectivity index (χ3v) is 15.8. The van der Waals surface area contributed by atoms with Gasteiger partial charge >= 0.3 is 5.97 Å². The highest BCUT2D eigenvalue weighted by atomic mass is 16.7. The third kappa shape index (κ3) is 46.7. The van der Waals surface area contributed by atoms with Crippen molar-refractivity contribution < 1.29 is 49.3 Å². The molecule has 0 bridgehead atoms. The van der Waals surface area contributed by atoms with Crippen LogP contribution < -0.4 is 5.32 Å². The zero-order valence-electron chi connectivity index (χ0n) is 53.3. The first kappa shape index (κ1) is 77.9. The van der Waals surface area contributed by atoms with Crippen LogP contribution in [-0.2, 0) is 23.8 Å². The minimum Gasteiger partial charge on any atom is -0.454 e. The largest absolute Gasteiger partial charge is 0.454 e. The number of carbonyl (C=O) groups is 2. The van der Waals surface area contributed by atoms with E-state index in [-0.39, 0.29) is 19.4 Å². The maximum Gasteiger partial charge on any atom is 0.306 e. The van der Waals surface area contributed by atoms with Crippen LogP contribution in [0, 0.1) is 0 Å². The predicted octanol–water partition coefficient (Wildman–Crippen LogP) is 17.3. The molecule has 11 heteroatoms. The summed E-state index contributed by atoms with van der Waals surface area (Å²) in [5.74, 6) is -1.22. The fourth-order valence-electron chi connectivity index (χ4n) is 10.3. The average molecular weight is 1170 g/mol. The molecular weight excluding hydrogens is 1040 g/mol. The molecule has 1 aliphatic heterocycles. The molecule has 11 nitrogen and oxygen atoms in total. The molecule has 1 fully saturated rings. The van der Waals surface area contributed by atoms with Gasteiger partial charge in [0.25, 0.3) is 0 Å². The van der Waals surface area contributed by atoms with Crippen LogP contribution in [0.2, 0.25) is 0 Å². The summed E-state index contributed by atoms with van der Waals surface area (Å²) in [5.41, 5.74) is 0. The Morgan fingerprint density at radius 2 is 0.831 bits per heavy atom. The molecule has 0 radical (unpaired) electrons. The molecule has 1 amide bonds. The molecule has 1 heterocycles. The normalized spacial score (nSPS) is 19.1. The van der Waals surface area contributed by atoms with Crippen LogP contribution in [0.5, 0.6) is 0 Å². The second kappa shape index (κ2) is 59.2. The number of carbonyl (C=O) groups excluding carboxylic acids is 2. The van der Waals surface area contributed by atoms with Crippen LogP contribution in [0.15, 0.2) is 85.1 Å². The first-order valence-electron chi connectivity index (χ1n) is 34.4. The highest BCUT2D eigenvalue weighted by Crippen LogP contribution is 2.26. The number of nitrogens with one attached hydrogen (secondary N) is 1. The van der Waals surface area contributed by atoms with E-state index in [2.05, 4.69) is 99.0 Å². The minimum atomic E-state index is -1.62. The molecule has 83 heavy (non-hydrogen) atoms. The summed E-state index contributed by atoms with van der Waals surface area (Å²) in [6.45, 7) is 5.73. The topological polar surface area (TPSA) is 175 Å². The first-order valence-corrected chi connectivity index (χ1v) is 34.4. The smallest absolute Gasteiger partial charge is 0.306 e. The van der Waals surface area contributed by atoms with Crippen molar-refractivity contribution in [1.29, 1.82) is 0 Å². The molecule has 0 aliphatic carbocycles. The van der Waals surface area contributed by atoms with E-state index in [0.29, 0.717) is 12.8 Å². The van der Waals surface area contributed by atoms with Crippen LogP contribution in [0.4, 0.5) is 0 Å². The van der Waals surface area contributed by atoms with Crippen molar-refractivity contribution in [2.75, 3.05) is 13.2 Å². The van der Waals surface area contributed by atoms with Crippen LogP contribution in [0.25, 0.3) is 0 Å². The number of amides is 1. The van der Waals surface area contributed by atoms with Gasteiger partial charge in [-0.15, -0.1) is 0 Å². The van der Waals surface area contributed by atoms with Gasteiger partial charge in [0, 0.05) is 6.42 Å². The zero-order chi connectivity index (χ0) is 60.3. The number of hydrogen-bond acceptors (Lipinski definition) is 10. The van der Waals surface area contributed by atoms with E-state index in [0.717, 1.165) is 89.9 Å². The number of aliphatic hydroxyl groups excluding tert-OH is 5. The summed E-state index contributed by atoms with van der Waals surface area (Å²) in [5, 5.41) is 57.1. The molecule has 480 valence electrons. The Bertz CT molecular complexity index is 1670. The van der Waals surface area contributed by atoms with Crippen LogP contribution >= 0.6 is 0 Å². The summed E-state index contributed by atoms with van der Waals surface area (Å²) >= 11 is 0. The molecule has 0 saturated carbocycles. The van der Waals surface area contributed by atoms with Gasteiger partial charge in [-0.1, -0.05) is 273 Å². The number of unbranched alkanes of at least 4 members (excludes halogenated alkanes) is 32. The maximum absolute atomic E-state index is 13.4. The van der Waals surface area contributed by atoms with Crippen molar-refractivity contribution in [3.05, 3.63) is 85.1 Å². The van der Waals surface area contributed by atoms with Gasteiger partial charge in [0.1, 0.15) is 24.4 Å². The summed E-state index contributed by atoms with van der Waals surface area (Å²) in [7, 11) is 0. The third-order valence-electron chi connectivity index (χ3n) is 15.8. The molecule has 0 aromatic rings. The summed E-state index contributed by atoms with van der Waals surface area (Å²) in [6, 6.07) is -1.04. The van der Waals surface area contributed by atoms with E-state index in [1.54, 1.807) is 6.08 Å². The Kier molecular flexibility index (Phi) is 55.5. The van der Waals surface area contributed by atoms with Gasteiger partial charge in [-0.05, 0) is 103 Å². The molecule has 1 rings (SSSR count). The molecule has 1 saturated heterocycles. The van der Waals surface area contributed by atoms with E-state index in [9.17, 15) is 35.1 Å². The lowest BCUT2D eigenvalue weighted by molar-refractivity contribution is -0.305. The summed E-state index contributed by atoms with van der Waals surface area (Å²) in [6.07, 6.45) is 67.7. The molecule has 0 aromatic heterocycles. The lowest BCUT2D eigenvalue weighted by Crippen LogP contribution is -2.61. The number of esters is 1. The summed E-state index contributed by atoms with van der Waals surface area (Å²) in [4.78, 5) is 26.6. The van der Waals surface area contributed by atoms with Crippen LogP contribution in [0.3, 0.4) is 0 Å². The molecule has 0 aromatic carbocycles. The molecular formula is C72H127NO10. The van der Waals surface area contributed by atoms with Gasteiger partial charge < -0.3 is 45.1 Å². The Labute approximate surface area is 508 Å². The number of ether oxygens (including phenoxy) is 3. The van der Waals surface area contributed by atoms with E-state index in [1.165, 1.54) is 161 Å². The van der Waals surface area contributed by atoms with Gasteiger partial charge in [-0.2, -0.15) is 0 Å². The lowest BCUT2D eigenvalue weighted by Gasteiger charge is -2.41. The monoisotopic (exact) mass is 1170 g/mol. The van der Waals surface area contributed by atoms with Gasteiger partial charge in [-0.3, -0.25) is 9.59 Å². The second-order valence-electron chi connectivity index (χ2n) is 23.6. The van der Waals surface area contributed by atoms with Gasteiger partial charge in [0.05, 0.1) is 25.4 Å². The molecule has 8 unspecified atom stereocenters. The zero-order valence-corrected chi connectivity index (χ0v) is 53.3. The van der Waals surface area contributed by atoms with Crippen molar-refractivity contribution in [3.8, 4) is 0 Å². The number of rotatable bonds is 58. The number of hydrogen-bond donors (Lipinski definition) is 6. The quantitative estimate of drug-likeness (QED) is 0.0195. The maximum atomic E-state index is 13.4. The van der Waals surface area contributed by atoms with Gasteiger partial charge in [0.15, 0.2) is 12.4 Å². The Morgan fingerprint density at radius 1 is 0.470 bits per heavy atom. The minimum absolute atomic E-state index is 0.117. The number of allylic oxidation sites excluding steroid dienone is 13. The summed E-state index contributed by atoms with van der Waals surface area (Å²) < 4.78 is 17.7. The molecule has 1 aliphatic rings. The highest BCUT2D eigenvalue weighted by molar-refractivity contribution is 5.80. The predicted molar refractivity (Wildman–Crippen MR) is 347 cm³/mol. The second-order valence-corrected chi connectivity index (χ2v) is 23.6. The van der Waals surface area contributed by atoms with Crippen LogP contribution in [-0.4, -0.2) is 99.6 Å². The van der Waals surface area contributed by atoms with Crippen molar-refractivity contribution in [2.45, 2.75) is 346 Å². The fourth-order valence-corrected chi connectivity index (χ4v) is 10.3. The highest BCUT2D eigenvalue weighted by Gasteiger charge is 2.47. The fraction of sp³-hybridized carbons (Fsp3) is 0.778. The van der Waals surface area contributed by atoms with Crippen molar-refractivity contribution >= 4 is 11.9 Å². The van der Waals surface area contributed by atoms with E-state index >= 15 is 0 Å². The molecule has 6 N–H and O–H groups in total. The average Bonchev–Trinajstić information content (AvgIpc) is 3.64. The van der Waals surface area contributed by atoms with Crippen LogP contribution in [0.1, 0.15) is 297 Å². The lowest BCUT2D eigenvalue weighted by atomic mass is 9.99. The van der Waals surface area contributed by atoms with Gasteiger partial charge in [0.2, 0.25) is 5.91 Å². The Hall–Kier alpha value is -3.16. The van der Waals surface area contributed by atoms with Gasteiger partial charge in [-0.25, -0.2) is 0 Å². The Balaban J connectivity index is 2.58. The van der Waals surface area contributed by atoms with E-state index in [4.69, 9.17) is 14.2 Å². The SMILES string of the molecule is CCCCC/C=C\C/C=C\C/C=C\C/C=C\CCCCC(O)C(=O)NC(COC1OC(CO)C(O)C(O)C1OC(=O)CCCCCCCCCCCCCCCCC/C=C\C/C=C\CCCCC)C(O)/C=C/CCCCCCCCCCC. The standard InChI is InChI=1S/C72H127NO10/c1-4-7-10-13-16-19-22-24-26-28-30-31-32-33-34-35-36-38-40-42-45-48-51-54-57-60-67(77)83-70-69(79)68(78)66(61-74)82-72(70)81-62-63(64(75)58-55-52-49-46-43-21-18-15-12-9-6-3)73-71(80)65(76)59-56-53-50-47-44-41-39-37-29-27-25-23-20-17-14-11-8-5-2/h16-17,19-20,24-27,37,39,44,47,55,58,63-66,68-70,72,74-76,78-79H,4-15,18,21-23,28-36,38,40-43,45-46,48-54,56-57,59-62H2,1-3H3,(H,73,80)/b19-16-,20-17-,26-24-,27-25-,39-37-,47-44-,58-55+. The Morgan fingerprint density at radius 3 is 1.27 bits per heavy atom. The first-order chi connectivity index (χ1) is 40.7.